The zero-order valence-electron chi connectivity index (χ0n) is 7.48. The molecule has 1 rings (SSSR count). The van der Waals surface area contributed by atoms with Crippen LogP contribution in [0.25, 0.3) is 0 Å². The predicted octanol–water partition coefficient (Wildman–Crippen LogP) is 1.70. The van der Waals surface area contributed by atoms with Crippen molar-refractivity contribution in [3.05, 3.63) is 23.3 Å². The fraction of sp³-hybridized carbons (Fsp3) is 0.125. The maximum Gasteiger partial charge on any atom is 0.336 e. The number of rotatable bonds is 1. The third-order valence-electron chi connectivity index (χ3n) is 1.70. The highest BCUT2D eigenvalue weighted by molar-refractivity contribution is 5.92. The van der Waals surface area contributed by atoms with Crippen molar-refractivity contribution in [1.29, 1.82) is 0 Å². The Labute approximate surface area is 94.1 Å². The van der Waals surface area contributed by atoms with Crippen LogP contribution in [0.1, 0.15) is 15.9 Å². The quantitative estimate of drug-likeness (QED) is 0.650. The minimum atomic E-state index is -1.01. The molecule has 1 aromatic carbocycles. The zero-order chi connectivity index (χ0) is 9.30. The number of hydrogen-bond donors (Lipinski definition) is 3. The monoisotopic (exact) mass is 238 g/mol. The van der Waals surface area contributed by atoms with Crippen molar-refractivity contribution >= 4 is 42.2 Å². The third-order valence-corrected chi connectivity index (χ3v) is 1.70. The lowest BCUT2D eigenvalue weighted by molar-refractivity contribution is 0.0696. The van der Waals surface area contributed by atoms with Gasteiger partial charge in [-0.1, -0.05) is 0 Å². The number of carboxylic acid groups (broad SMARTS) is 1. The minimum absolute atomic E-state index is 0. The van der Waals surface area contributed by atoms with Gasteiger partial charge in [-0.05, 0) is 24.6 Å². The van der Waals surface area contributed by atoms with Gasteiger partial charge in [0, 0.05) is 11.4 Å². The average Bonchev–Trinajstić information content (AvgIpc) is 1.96. The van der Waals surface area contributed by atoms with E-state index in [1.807, 2.05) is 0 Å². The summed E-state index contributed by atoms with van der Waals surface area (Å²) < 4.78 is 0. The summed E-state index contributed by atoms with van der Waals surface area (Å²) in [7, 11) is 0. The summed E-state index contributed by atoms with van der Waals surface area (Å²) in [5.74, 6) is -1.01. The Morgan fingerprint density at radius 2 is 1.79 bits per heavy atom. The first-order valence-corrected chi connectivity index (χ1v) is 3.41. The lowest BCUT2D eigenvalue weighted by atomic mass is 10.1. The molecule has 0 aliphatic carbocycles. The predicted molar refractivity (Wildman–Crippen MR) is 61.5 cm³/mol. The van der Waals surface area contributed by atoms with E-state index in [0.717, 1.165) is 0 Å². The number of anilines is 2. The summed E-state index contributed by atoms with van der Waals surface area (Å²) in [6.07, 6.45) is 0. The summed E-state index contributed by atoms with van der Waals surface area (Å²) in [5, 5.41) is 8.70. The first-order valence-electron chi connectivity index (χ1n) is 3.41. The molecule has 0 unspecified atom stereocenters. The van der Waals surface area contributed by atoms with Crippen molar-refractivity contribution in [2.24, 2.45) is 0 Å². The number of carboxylic acids is 1. The molecule has 6 heteroatoms. The molecule has 0 amide bonds. The van der Waals surface area contributed by atoms with Gasteiger partial charge in [0.25, 0.3) is 0 Å². The molecule has 0 saturated carbocycles. The van der Waals surface area contributed by atoms with Gasteiger partial charge in [0.1, 0.15) is 0 Å². The number of aromatic carboxylic acids is 1. The molecule has 1 aromatic rings. The van der Waals surface area contributed by atoms with E-state index >= 15 is 0 Å². The molecule has 0 bridgehead atoms. The number of nitrogens with two attached hydrogens (primary N) is 2. The second-order valence-electron chi connectivity index (χ2n) is 2.59. The van der Waals surface area contributed by atoms with Crippen molar-refractivity contribution in [1.82, 2.24) is 0 Å². The number of nitrogen functional groups attached to an aromatic ring is 2. The summed E-state index contributed by atoms with van der Waals surface area (Å²) in [5.41, 5.74) is 12.4. The fourth-order valence-electron chi connectivity index (χ4n) is 0.982. The van der Waals surface area contributed by atoms with E-state index in [2.05, 4.69) is 0 Å². The Morgan fingerprint density at radius 3 is 2.21 bits per heavy atom. The van der Waals surface area contributed by atoms with Gasteiger partial charge in [-0.3, -0.25) is 0 Å². The van der Waals surface area contributed by atoms with E-state index in [-0.39, 0.29) is 30.4 Å². The van der Waals surface area contributed by atoms with Crippen molar-refractivity contribution in [2.45, 2.75) is 6.92 Å². The van der Waals surface area contributed by atoms with Gasteiger partial charge in [0.15, 0.2) is 0 Å². The molecule has 0 saturated heterocycles. The minimum Gasteiger partial charge on any atom is -0.478 e. The topological polar surface area (TPSA) is 89.3 Å². The van der Waals surface area contributed by atoms with Gasteiger partial charge in [-0.2, -0.15) is 0 Å². The number of carbonyl (C=O) groups is 1. The van der Waals surface area contributed by atoms with Crippen molar-refractivity contribution < 1.29 is 9.90 Å². The molecule has 5 N–H and O–H groups in total. The molecule has 0 aromatic heterocycles. The van der Waals surface area contributed by atoms with Crippen LogP contribution >= 0.6 is 24.8 Å². The van der Waals surface area contributed by atoms with E-state index in [4.69, 9.17) is 16.6 Å². The molecule has 0 aliphatic rings. The van der Waals surface area contributed by atoms with Gasteiger partial charge in [0.05, 0.1) is 5.56 Å². The molecule has 80 valence electrons. The van der Waals surface area contributed by atoms with Crippen molar-refractivity contribution in [3.63, 3.8) is 0 Å². The van der Waals surface area contributed by atoms with Gasteiger partial charge >= 0.3 is 5.97 Å². The van der Waals surface area contributed by atoms with Crippen LogP contribution in [-0.2, 0) is 0 Å². The first kappa shape index (κ1) is 15.3. The molecule has 0 spiro atoms. The summed E-state index contributed by atoms with van der Waals surface area (Å²) in [6, 6.07) is 2.94. The van der Waals surface area contributed by atoms with Crippen LogP contribution in [0.3, 0.4) is 0 Å². The van der Waals surface area contributed by atoms with Crippen LogP contribution in [0.4, 0.5) is 11.4 Å². The van der Waals surface area contributed by atoms with E-state index in [1.165, 1.54) is 6.07 Å². The van der Waals surface area contributed by atoms with Gasteiger partial charge < -0.3 is 16.6 Å². The van der Waals surface area contributed by atoms with E-state index in [9.17, 15) is 4.79 Å². The Bertz CT molecular complexity index is 342. The second-order valence-corrected chi connectivity index (χ2v) is 2.59. The van der Waals surface area contributed by atoms with Crippen LogP contribution in [0.5, 0.6) is 0 Å². The van der Waals surface area contributed by atoms with Gasteiger partial charge in [-0.15, -0.1) is 24.8 Å². The Kier molecular flexibility index (Phi) is 6.10. The fourth-order valence-corrected chi connectivity index (χ4v) is 0.982. The number of benzene rings is 1. The molecular formula is C8H12Cl2N2O2. The molecule has 0 fully saturated rings. The van der Waals surface area contributed by atoms with E-state index in [1.54, 1.807) is 13.0 Å². The van der Waals surface area contributed by atoms with Crippen molar-refractivity contribution in [2.75, 3.05) is 11.5 Å². The highest BCUT2D eigenvalue weighted by atomic mass is 35.5. The van der Waals surface area contributed by atoms with Crippen LogP contribution in [0, 0.1) is 6.92 Å². The third kappa shape index (κ3) is 2.97. The molecule has 4 nitrogen and oxygen atoms in total. The Balaban J connectivity index is 0. The van der Waals surface area contributed by atoms with E-state index < -0.39 is 5.97 Å². The molecule has 14 heavy (non-hydrogen) atoms. The average molecular weight is 239 g/mol. The Hall–Kier alpha value is -1.13. The van der Waals surface area contributed by atoms with Gasteiger partial charge in [0.2, 0.25) is 0 Å². The van der Waals surface area contributed by atoms with Crippen LogP contribution in [-0.4, -0.2) is 11.1 Å². The SMILES string of the molecule is Cc1c(N)cc(N)cc1C(=O)O.Cl.Cl. The largest absolute Gasteiger partial charge is 0.478 e. The number of hydrogen-bond acceptors (Lipinski definition) is 3. The second kappa shape index (κ2) is 5.57. The zero-order valence-corrected chi connectivity index (χ0v) is 9.11. The molecule has 0 aliphatic heterocycles. The highest BCUT2D eigenvalue weighted by Crippen LogP contribution is 2.19. The summed E-state index contributed by atoms with van der Waals surface area (Å²) >= 11 is 0. The highest BCUT2D eigenvalue weighted by Gasteiger charge is 2.09. The molecule has 0 radical (unpaired) electrons. The van der Waals surface area contributed by atoms with Crippen molar-refractivity contribution in [3.8, 4) is 0 Å². The lowest BCUT2D eigenvalue weighted by Gasteiger charge is -2.05. The molecule has 0 heterocycles. The van der Waals surface area contributed by atoms with Gasteiger partial charge in [-0.25, -0.2) is 4.79 Å². The van der Waals surface area contributed by atoms with Crippen LogP contribution < -0.4 is 11.5 Å². The summed E-state index contributed by atoms with van der Waals surface area (Å²) in [4.78, 5) is 10.6. The van der Waals surface area contributed by atoms with Crippen LogP contribution in [0.2, 0.25) is 0 Å². The maximum absolute atomic E-state index is 10.6. The normalized spacial score (nSPS) is 8.36. The maximum atomic E-state index is 10.6. The smallest absolute Gasteiger partial charge is 0.336 e. The lowest BCUT2D eigenvalue weighted by Crippen LogP contribution is -2.04. The molecular weight excluding hydrogens is 227 g/mol. The van der Waals surface area contributed by atoms with Crippen LogP contribution in [0.15, 0.2) is 12.1 Å². The summed E-state index contributed by atoms with van der Waals surface area (Å²) in [6.45, 7) is 1.65. The number of halogens is 2. The first-order chi connectivity index (χ1) is 5.52. The Morgan fingerprint density at radius 1 is 1.29 bits per heavy atom. The van der Waals surface area contributed by atoms with E-state index in [0.29, 0.717) is 16.9 Å². The molecule has 0 atom stereocenters. The standard InChI is InChI=1S/C8H10N2O2.2ClH/c1-4-6(8(11)12)2-5(9)3-7(4)10;;/h2-3H,9-10H2,1H3,(H,11,12);2*1H.